The van der Waals surface area contributed by atoms with Gasteiger partial charge in [-0.05, 0) is 12.5 Å². The Labute approximate surface area is 127 Å². The first-order valence-corrected chi connectivity index (χ1v) is 8.77. The lowest BCUT2D eigenvalue weighted by atomic mass is 10.2. The first-order valence-electron chi connectivity index (χ1n) is 6.95. The van der Waals surface area contributed by atoms with Gasteiger partial charge in [-0.2, -0.15) is 0 Å². The Bertz CT molecular complexity index is 814. The van der Waals surface area contributed by atoms with E-state index in [1.165, 1.54) is 0 Å². The molecule has 1 fully saturated rings. The van der Waals surface area contributed by atoms with Crippen molar-refractivity contribution in [2.75, 3.05) is 23.4 Å². The van der Waals surface area contributed by atoms with Gasteiger partial charge in [-0.3, -0.25) is 9.78 Å². The number of fused-ring (bicyclic) bond motifs is 1. The first kappa shape index (κ1) is 14.8. The Kier molecular flexibility index (Phi) is 3.73. The predicted octanol–water partition coefficient (Wildman–Crippen LogP) is -0.316. The zero-order chi connectivity index (χ0) is 15.7. The number of imidazole rings is 1. The van der Waals surface area contributed by atoms with Gasteiger partial charge in [0.15, 0.2) is 9.84 Å². The summed E-state index contributed by atoms with van der Waals surface area (Å²) in [5.41, 5.74) is 1.66. The van der Waals surface area contributed by atoms with Crippen LogP contribution in [0.3, 0.4) is 0 Å². The number of aromatic nitrogens is 3. The Hall–Kier alpha value is -2.16. The van der Waals surface area contributed by atoms with E-state index in [0.29, 0.717) is 12.4 Å². The van der Waals surface area contributed by atoms with Crippen molar-refractivity contribution in [3.05, 3.63) is 18.5 Å². The average Bonchev–Trinajstić information content (AvgIpc) is 2.97. The Balaban J connectivity index is 1.59. The minimum Gasteiger partial charge on any atom is -0.351 e. The van der Waals surface area contributed by atoms with Gasteiger partial charge in [0.25, 0.3) is 0 Å². The summed E-state index contributed by atoms with van der Waals surface area (Å²) in [5.74, 6) is 0.490. The lowest BCUT2D eigenvalue weighted by molar-refractivity contribution is -0.119. The maximum atomic E-state index is 11.9. The number of anilines is 1. The third-order valence-corrected chi connectivity index (χ3v) is 5.46. The number of nitrogens with zero attached hydrogens (tertiary/aromatic N) is 3. The normalized spacial score (nSPS) is 20.1. The summed E-state index contributed by atoms with van der Waals surface area (Å²) in [5, 5.41) is 5.69. The van der Waals surface area contributed by atoms with Crippen LogP contribution in [0.4, 0.5) is 5.95 Å². The first-order chi connectivity index (χ1) is 10.4. The molecule has 1 aliphatic heterocycles. The van der Waals surface area contributed by atoms with Crippen LogP contribution in [-0.2, 0) is 21.7 Å². The summed E-state index contributed by atoms with van der Waals surface area (Å²) in [6, 6.07) is 1.51. The van der Waals surface area contributed by atoms with Gasteiger partial charge in [0.2, 0.25) is 11.9 Å². The van der Waals surface area contributed by atoms with Gasteiger partial charge in [-0.1, -0.05) is 0 Å². The second-order valence-corrected chi connectivity index (χ2v) is 7.61. The van der Waals surface area contributed by atoms with Crippen LogP contribution in [0.5, 0.6) is 0 Å². The summed E-state index contributed by atoms with van der Waals surface area (Å²) in [6.07, 6.45) is 3.84. The lowest BCUT2D eigenvalue weighted by Gasteiger charge is -2.11. The van der Waals surface area contributed by atoms with Gasteiger partial charge in [0.1, 0.15) is 0 Å². The Morgan fingerprint density at radius 2 is 2.32 bits per heavy atom. The Morgan fingerprint density at radius 1 is 1.50 bits per heavy atom. The van der Waals surface area contributed by atoms with Gasteiger partial charge in [0, 0.05) is 19.3 Å². The molecule has 3 rings (SSSR count). The van der Waals surface area contributed by atoms with E-state index in [0.717, 1.165) is 11.0 Å². The second-order valence-electron chi connectivity index (χ2n) is 5.38. The summed E-state index contributed by atoms with van der Waals surface area (Å²) in [6.45, 7) is 0.0428. The van der Waals surface area contributed by atoms with Crippen LogP contribution >= 0.6 is 0 Å². The Morgan fingerprint density at radius 3 is 3.00 bits per heavy atom. The smallest absolute Gasteiger partial charge is 0.239 e. The number of amides is 1. The zero-order valence-electron chi connectivity index (χ0n) is 12.1. The van der Waals surface area contributed by atoms with Crippen molar-refractivity contribution < 1.29 is 13.2 Å². The molecule has 118 valence electrons. The molecule has 22 heavy (non-hydrogen) atoms. The van der Waals surface area contributed by atoms with Crippen LogP contribution in [-0.4, -0.2) is 53.0 Å². The fourth-order valence-electron chi connectivity index (χ4n) is 2.54. The molecule has 0 bridgehead atoms. The van der Waals surface area contributed by atoms with Crippen LogP contribution in [0.25, 0.3) is 11.0 Å². The number of aryl methyl sites for hydroxylation is 1. The van der Waals surface area contributed by atoms with Crippen molar-refractivity contribution >= 4 is 32.7 Å². The number of carbonyl (C=O) groups is 1. The van der Waals surface area contributed by atoms with Crippen molar-refractivity contribution in [1.82, 2.24) is 19.9 Å². The maximum absolute atomic E-state index is 11.9. The van der Waals surface area contributed by atoms with Crippen LogP contribution in [0.15, 0.2) is 18.5 Å². The number of hydrogen-bond acceptors (Lipinski definition) is 6. The van der Waals surface area contributed by atoms with Crippen LogP contribution in [0.1, 0.15) is 6.42 Å². The van der Waals surface area contributed by atoms with E-state index >= 15 is 0 Å². The molecule has 0 radical (unpaired) electrons. The fourth-order valence-corrected chi connectivity index (χ4v) is 4.21. The molecule has 0 spiro atoms. The number of pyridine rings is 1. The average molecular weight is 323 g/mol. The van der Waals surface area contributed by atoms with E-state index in [4.69, 9.17) is 0 Å². The molecule has 1 aliphatic rings. The van der Waals surface area contributed by atoms with E-state index in [-0.39, 0.29) is 30.0 Å². The summed E-state index contributed by atoms with van der Waals surface area (Å²) >= 11 is 0. The van der Waals surface area contributed by atoms with Crippen molar-refractivity contribution in [1.29, 1.82) is 0 Å². The van der Waals surface area contributed by atoms with Crippen molar-refractivity contribution in [2.24, 2.45) is 7.05 Å². The molecule has 3 heterocycles. The fraction of sp³-hybridized carbons (Fsp3) is 0.462. The number of carbonyl (C=O) groups excluding carboxylic acids is 1. The molecule has 1 amide bonds. The van der Waals surface area contributed by atoms with Crippen molar-refractivity contribution in [3.8, 4) is 0 Å². The number of sulfone groups is 1. The highest BCUT2D eigenvalue weighted by Crippen LogP contribution is 2.16. The molecule has 2 N–H and O–H groups in total. The number of rotatable bonds is 4. The van der Waals surface area contributed by atoms with Crippen molar-refractivity contribution in [2.45, 2.75) is 12.5 Å². The molecular weight excluding hydrogens is 306 g/mol. The van der Waals surface area contributed by atoms with E-state index in [2.05, 4.69) is 20.6 Å². The minimum atomic E-state index is -2.99. The number of nitrogens with one attached hydrogen (secondary N) is 2. The summed E-state index contributed by atoms with van der Waals surface area (Å²) in [4.78, 5) is 20.3. The molecule has 1 atom stereocenters. The van der Waals surface area contributed by atoms with Gasteiger partial charge in [-0.25, -0.2) is 13.4 Å². The van der Waals surface area contributed by atoms with Crippen LogP contribution < -0.4 is 10.6 Å². The molecule has 8 nitrogen and oxygen atoms in total. The number of hydrogen-bond donors (Lipinski definition) is 2. The third-order valence-electron chi connectivity index (χ3n) is 3.69. The molecule has 0 aromatic carbocycles. The quantitative estimate of drug-likeness (QED) is 0.799. The molecule has 2 aromatic rings. The molecule has 0 saturated carbocycles. The molecule has 1 saturated heterocycles. The van der Waals surface area contributed by atoms with Crippen molar-refractivity contribution in [3.63, 3.8) is 0 Å². The zero-order valence-corrected chi connectivity index (χ0v) is 12.9. The van der Waals surface area contributed by atoms with Crippen LogP contribution in [0.2, 0.25) is 0 Å². The largest absolute Gasteiger partial charge is 0.351 e. The maximum Gasteiger partial charge on any atom is 0.239 e. The minimum absolute atomic E-state index is 0.0245. The summed E-state index contributed by atoms with van der Waals surface area (Å²) < 4.78 is 24.5. The molecule has 1 unspecified atom stereocenters. The molecule has 2 aromatic heterocycles. The SMILES string of the molecule is Cn1c(NCC(=O)NC2CCS(=O)(=O)C2)nc2ccncc21. The van der Waals surface area contributed by atoms with Gasteiger partial charge in [-0.15, -0.1) is 0 Å². The highest BCUT2D eigenvalue weighted by Gasteiger charge is 2.28. The second kappa shape index (κ2) is 5.56. The summed E-state index contributed by atoms with van der Waals surface area (Å²) in [7, 11) is -1.16. The molecular formula is C13H17N5O3S. The van der Waals surface area contributed by atoms with Gasteiger partial charge in [0.05, 0.1) is 35.3 Å². The molecule has 9 heteroatoms. The predicted molar refractivity (Wildman–Crippen MR) is 82.2 cm³/mol. The third kappa shape index (κ3) is 3.03. The molecule has 0 aliphatic carbocycles. The van der Waals surface area contributed by atoms with Gasteiger partial charge >= 0.3 is 0 Å². The van der Waals surface area contributed by atoms with E-state index in [1.54, 1.807) is 18.5 Å². The highest BCUT2D eigenvalue weighted by molar-refractivity contribution is 7.91. The van der Waals surface area contributed by atoms with Gasteiger partial charge < -0.3 is 15.2 Å². The van der Waals surface area contributed by atoms with Crippen LogP contribution in [0, 0.1) is 0 Å². The monoisotopic (exact) mass is 323 g/mol. The standard InChI is InChI=1S/C13H17N5O3S/c1-18-11-6-14-4-2-10(11)17-13(18)15-7-12(19)16-9-3-5-22(20,21)8-9/h2,4,6,9H,3,5,7-8H2,1H3,(H,15,17)(H,16,19). The topological polar surface area (TPSA) is 106 Å². The van der Waals surface area contributed by atoms with E-state index in [9.17, 15) is 13.2 Å². The van der Waals surface area contributed by atoms with E-state index < -0.39 is 9.84 Å². The highest BCUT2D eigenvalue weighted by atomic mass is 32.2. The lowest BCUT2D eigenvalue weighted by Crippen LogP contribution is -2.39. The van der Waals surface area contributed by atoms with E-state index in [1.807, 2.05) is 11.6 Å².